The number of ketones is 1. The molecule has 3 aliphatic rings. The van der Waals surface area contributed by atoms with Crippen LogP contribution in [0.1, 0.15) is 55.2 Å². The minimum Gasteiger partial charge on any atom is -0.349 e. The first-order chi connectivity index (χ1) is 16.3. The summed E-state index contributed by atoms with van der Waals surface area (Å²) in [5, 5.41) is 7.25. The van der Waals surface area contributed by atoms with E-state index in [0.29, 0.717) is 29.4 Å². The molecule has 0 radical (unpaired) electrons. The van der Waals surface area contributed by atoms with Crippen molar-refractivity contribution >= 4 is 23.0 Å². The van der Waals surface area contributed by atoms with Gasteiger partial charge in [0.15, 0.2) is 5.78 Å². The number of fused-ring (bicyclic) bond motifs is 1. The Hall–Kier alpha value is -2.12. The van der Waals surface area contributed by atoms with E-state index < -0.39 is 5.92 Å². The maximum absolute atomic E-state index is 13.5. The second kappa shape index (κ2) is 9.50. The molecule has 182 valence electrons. The molecule has 2 aliphatic carbocycles. The third-order valence-electron chi connectivity index (χ3n) is 8.05. The Labute approximate surface area is 203 Å². The summed E-state index contributed by atoms with van der Waals surface area (Å²) in [7, 11) is 0. The van der Waals surface area contributed by atoms with E-state index in [0.717, 1.165) is 20.0 Å². The SMILES string of the molecule is CC(F)(F)c1cccc(CC(=O)CNC(=O)C2[C@H]3CN(C4CCC(c5ccsc5)CC4)C[C@@H]23)c1. The standard InChI is InChI=1S/C27H32F2N2O2S/c1-27(28,29)20-4-2-3-17(11-20)12-22(32)13-30-26(33)25-23-14-31(15-24(23)25)21-7-5-18(6-8-21)19-9-10-34-16-19/h2-4,9-11,16,18,21,23-25H,5-8,12-15H2,1H3,(H,30,33)/t18?,21?,23-,24+,25?. The van der Waals surface area contributed by atoms with Gasteiger partial charge in [0.2, 0.25) is 5.91 Å². The molecular formula is C27H32F2N2O2S. The number of benzene rings is 1. The van der Waals surface area contributed by atoms with E-state index in [1.807, 2.05) is 0 Å². The van der Waals surface area contributed by atoms with Crippen LogP contribution in [0.25, 0.3) is 0 Å². The van der Waals surface area contributed by atoms with Crippen LogP contribution in [0.2, 0.25) is 0 Å². The number of likely N-dealkylation sites (tertiary alicyclic amines) is 1. The lowest BCUT2D eigenvalue weighted by Crippen LogP contribution is -2.40. The van der Waals surface area contributed by atoms with E-state index in [1.54, 1.807) is 23.5 Å². The predicted molar refractivity (Wildman–Crippen MR) is 129 cm³/mol. The second-order valence-corrected chi connectivity index (χ2v) is 11.2. The molecule has 1 aromatic carbocycles. The van der Waals surface area contributed by atoms with Gasteiger partial charge in [0, 0.05) is 44.0 Å². The zero-order valence-electron chi connectivity index (χ0n) is 19.5. The van der Waals surface area contributed by atoms with Crippen LogP contribution in [0, 0.1) is 17.8 Å². The summed E-state index contributed by atoms with van der Waals surface area (Å²) >= 11 is 1.78. The summed E-state index contributed by atoms with van der Waals surface area (Å²) < 4.78 is 27.0. The maximum atomic E-state index is 13.5. The Kier molecular flexibility index (Phi) is 6.60. The second-order valence-electron chi connectivity index (χ2n) is 10.4. The third-order valence-corrected chi connectivity index (χ3v) is 8.75. The monoisotopic (exact) mass is 486 g/mol. The number of carbonyl (C=O) groups excluding carboxylic acids is 2. The molecule has 1 amide bonds. The van der Waals surface area contributed by atoms with E-state index in [2.05, 4.69) is 27.0 Å². The van der Waals surface area contributed by atoms with Crippen LogP contribution in [-0.4, -0.2) is 42.3 Å². The average molecular weight is 487 g/mol. The summed E-state index contributed by atoms with van der Waals surface area (Å²) in [5.74, 6) is -1.59. The summed E-state index contributed by atoms with van der Waals surface area (Å²) in [6.45, 7) is 2.78. The first-order valence-corrected chi connectivity index (χ1v) is 13.3. The van der Waals surface area contributed by atoms with Crippen molar-refractivity contribution in [2.75, 3.05) is 19.6 Å². The largest absolute Gasteiger partial charge is 0.349 e. The van der Waals surface area contributed by atoms with E-state index >= 15 is 0 Å². The van der Waals surface area contributed by atoms with Crippen LogP contribution in [0.3, 0.4) is 0 Å². The molecule has 0 spiro atoms. The van der Waals surface area contributed by atoms with Gasteiger partial charge in [-0.1, -0.05) is 18.2 Å². The molecule has 1 aliphatic heterocycles. The van der Waals surface area contributed by atoms with Crippen molar-refractivity contribution in [3.63, 3.8) is 0 Å². The van der Waals surface area contributed by atoms with Gasteiger partial charge in [0.05, 0.1) is 6.54 Å². The quantitative estimate of drug-likeness (QED) is 0.572. The fourth-order valence-corrected chi connectivity index (χ4v) is 6.82. The van der Waals surface area contributed by atoms with Gasteiger partial charge in [-0.2, -0.15) is 11.3 Å². The summed E-state index contributed by atoms with van der Waals surface area (Å²) in [6, 6.07) is 8.84. The lowest BCUT2D eigenvalue weighted by Gasteiger charge is -2.35. The van der Waals surface area contributed by atoms with Gasteiger partial charge >= 0.3 is 0 Å². The Bertz CT molecular complexity index is 1020. The van der Waals surface area contributed by atoms with Gasteiger partial charge in [-0.05, 0) is 77.5 Å². The van der Waals surface area contributed by atoms with Crippen LogP contribution in [0.4, 0.5) is 8.78 Å². The molecule has 0 bridgehead atoms. The number of thiophene rings is 1. The fourth-order valence-electron chi connectivity index (χ4n) is 6.08. The number of halogens is 2. The molecule has 5 rings (SSSR count). The third kappa shape index (κ3) is 5.10. The molecule has 1 N–H and O–H groups in total. The van der Waals surface area contributed by atoms with Crippen molar-refractivity contribution in [3.05, 3.63) is 57.8 Å². The number of hydrogen-bond donors (Lipinski definition) is 1. The Morgan fingerprint density at radius 1 is 1.12 bits per heavy atom. The fraction of sp³-hybridized carbons (Fsp3) is 0.556. The van der Waals surface area contributed by atoms with Gasteiger partial charge < -0.3 is 5.32 Å². The minimum absolute atomic E-state index is 0.0216. The number of hydrogen-bond acceptors (Lipinski definition) is 4. The predicted octanol–water partition coefficient (Wildman–Crippen LogP) is 4.99. The van der Waals surface area contributed by atoms with E-state index in [1.165, 1.54) is 43.4 Å². The smallest absolute Gasteiger partial charge is 0.270 e. The highest BCUT2D eigenvalue weighted by molar-refractivity contribution is 7.08. The minimum atomic E-state index is -2.94. The molecule has 1 saturated heterocycles. The summed E-state index contributed by atoms with van der Waals surface area (Å²) in [5.41, 5.74) is 1.94. The number of Topliss-reactive ketones (excluding diaryl/α,β-unsaturated/α-hetero) is 1. The molecule has 3 atom stereocenters. The highest BCUT2D eigenvalue weighted by Crippen LogP contribution is 2.53. The van der Waals surface area contributed by atoms with Crippen molar-refractivity contribution in [2.45, 2.75) is 56.9 Å². The van der Waals surface area contributed by atoms with E-state index in [-0.39, 0.29) is 36.1 Å². The topological polar surface area (TPSA) is 49.4 Å². The van der Waals surface area contributed by atoms with Crippen LogP contribution in [-0.2, 0) is 21.9 Å². The highest BCUT2D eigenvalue weighted by Gasteiger charge is 2.60. The molecule has 1 unspecified atom stereocenters. The first kappa shape index (κ1) is 23.6. The number of carbonyl (C=O) groups is 2. The Balaban J connectivity index is 1.03. The van der Waals surface area contributed by atoms with Crippen LogP contribution in [0.15, 0.2) is 41.1 Å². The average Bonchev–Trinajstić information content (AvgIpc) is 3.17. The molecule has 4 nitrogen and oxygen atoms in total. The van der Waals surface area contributed by atoms with Gasteiger partial charge in [0.1, 0.15) is 0 Å². The lowest BCUT2D eigenvalue weighted by molar-refractivity contribution is -0.126. The first-order valence-electron chi connectivity index (χ1n) is 12.3. The van der Waals surface area contributed by atoms with Gasteiger partial charge in [-0.15, -0.1) is 0 Å². The van der Waals surface area contributed by atoms with Crippen molar-refractivity contribution < 1.29 is 18.4 Å². The number of nitrogens with zero attached hydrogens (tertiary/aromatic N) is 1. The molecule has 34 heavy (non-hydrogen) atoms. The molecule has 3 fully saturated rings. The van der Waals surface area contributed by atoms with Crippen molar-refractivity contribution in [3.8, 4) is 0 Å². The summed E-state index contributed by atoms with van der Waals surface area (Å²) in [6.07, 6.45) is 5.01. The molecule has 2 aromatic rings. The van der Waals surface area contributed by atoms with Crippen LogP contribution in [0.5, 0.6) is 0 Å². The van der Waals surface area contributed by atoms with E-state index in [4.69, 9.17) is 0 Å². The van der Waals surface area contributed by atoms with Gasteiger partial charge in [0.25, 0.3) is 5.92 Å². The van der Waals surface area contributed by atoms with Crippen molar-refractivity contribution in [1.29, 1.82) is 0 Å². The number of piperidine rings is 1. The molecule has 1 aromatic heterocycles. The molecule has 2 heterocycles. The van der Waals surface area contributed by atoms with Crippen LogP contribution >= 0.6 is 11.3 Å². The molecule has 7 heteroatoms. The highest BCUT2D eigenvalue weighted by atomic mass is 32.1. The Morgan fingerprint density at radius 3 is 2.50 bits per heavy atom. The number of amides is 1. The van der Waals surface area contributed by atoms with Gasteiger partial charge in [-0.25, -0.2) is 8.78 Å². The van der Waals surface area contributed by atoms with Gasteiger partial charge in [-0.3, -0.25) is 14.5 Å². The molecule has 2 saturated carbocycles. The number of alkyl halides is 2. The van der Waals surface area contributed by atoms with Crippen LogP contribution < -0.4 is 5.32 Å². The lowest BCUT2D eigenvalue weighted by atomic mass is 9.82. The normalized spacial score (nSPS) is 29.0. The van der Waals surface area contributed by atoms with Crippen molar-refractivity contribution in [2.24, 2.45) is 17.8 Å². The number of nitrogens with one attached hydrogen (secondary N) is 1. The van der Waals surface area contributed by atoms with E-state index in [9.17, 15) is 18.4 Å². The molecular weight excluding hydrogens is 454 g/mol. The summed E-state index contributed by atoms with van der Waals surface area (Å²) in [4.78, 5) is 27.6. The zero-order chi connectivity index (χ0) is 23.9. The Morgan fingerprint density at radius 2 is 1.85 bits per heavy atom. The maximum Gasteiger partial charge on any atom is 0.270 e. The van der Waals surface area contributed by atoms with Crippen molar-refractivity contribution in [1.82, 2.24) is 10.2 Å². The zero-order valence-corrected chi connectivity index (χ0v) is 20.3. The number of rotatable bonds is 8.